The van der Waals surface area contributed by atoms with Gasteiger partial charge in [-0.25, -0.2) is 4.39 Å². The zero-order valence-electron chi connectivity index (χ0n) is 32.7. The number of anilines is 2. The van der Waals surface area contributed by atoms with E-state index in [0.717, 1.165) is 64.1 Å². The van der Waals surface area contributed by atoms with Gasteiger partial charge in [-0.05, 0) is 80.5 Å². The normalized spacial score (nSPS) is 26.2. The Hall–Kier alpha value is -5.23. The molecule has 0 saturated carbocycles. The number of rotatable bonds is 8. The topological polar surface area (TPSA) is 150 Å². The van der Waals surface area contributed by atoms with Crippen molar-refractivity contribution in [3.05, 3.63) is 87.7 Å². The van der Waals surface area contributed by atoms with Gasteiger partial charge < -0.3 is 24.5 Å². The summed E-state index contributed by atoms with van der Waals surface area (Å²) < 4.78 is 21.9. The molecule has 6 aliphatic rings. The van der Waals surface area contributed by atoms with E-state index in [1.165, 1.54) is 11.0 Å². The fraction of sp³-hybridized carbons (Fsp3) is 0.477. The molecule has 308 valence electrons. The van der Waals surface area contributed by atoms with Crippen molar-refractivity contribution in [1.82, 2.24) is 20.0 Å². The third kappa shape index (κ3) is 7.60. The number of nitriles is 1. The van der Waals surface area contributed by atoms with Crippen LogP contribution in [0.2, 0.25) is 5.02 Å². The Morgan fingerprint density at radius 2 is 1.64 bits per heavy atom. The van der Waals surface area contributed by atoms with Crippen molar-refractivity contribution in [2.75, 3.05) is 55.6 Å². The minimum absolute atomic E-state index is 0.0165. The molecule has 5 fully saturated rings. The predicted molar refractivity (Wildman–Crippen MR) is 217 cm³/mol. The Labute approximate surface area is 347 Å². The van der Waals surface area contributed by atoms with Crippen LogP contribution in [0.1, 0.15) is 89.4 Å². The number of carbonyl (C=O) groups excluding carboxylic acids is 4. The molecule has 6 aliphatic heterocycles. The summed E-state index contributed by atoms with van der Waals surface area (Å²) in [5, 5.41) is 22.8. The number of piperazine rings is 1. The molecule has 5 saturated heterocycles. The number of nitrogens with one attached hydrogen (secondary N) is 1. The first-order valence-electron chi connectivity index (χ1n) is 20.7. The predicted octanol–water partition coefficient (Wildman–Crippen LogP) is 4.86. The third-order valence-corrected chi connectivity index (χ3v) is 13.6. The molecule has 13 nitrogen and oxygen atoms in total. The van der Waals surface area contributed by atoms with Gasteiger partial charge in [-0.2, -0.15) is 5.26 Å². The van der Waals surface area contributed by atoms with Gasteiger partial charge in [-0.3, -0.25) is 34.3 Å². The number of imide groups is 1. The lowest BCUT2D eigenvalue weighted by Gasteiger charge is -2.40. The number of nitrogens with zero attached hydrogens (tertiary/aromatic N) is 6. The van der Waals surface area contributed by atoms with Crippen LogP contribution in [0.3, 0.4) is 0 Å². The first-order chi connectivity index (χ1) is 28.5. The van der Waals surface area contributed by atoms with E-state index in [-0.39, 0.29) is 48.7 Å². The lowest BCUT2D eigenvalue weighted by atomic mass is 9.95. The van der Waals surface area contributed by atoms with Gasteiger partial charge in [0.25, 0.3) is 11.8 Å². The fourth-order valence-electron chi connectivity index (χ4n) is 10.2. The molecule has 0 spiro atoms. The SMILES string of the molecule is N#Cc1ccc(OC2CC3CCC(C2)N3C(=O)c2ccc(N3CCN(CC4CCN(c5ccc6c(c5)C(=O)N(C5CCC(=O)NC5=O)C6O)CC4)CC3)c(F)c2)cc1Cl. The van der Waals surface area contributed by atoms with Gasteiger partial charge in [-0.15, -0.1) is 0 Å². The molecule has 0 aromatic heterocycles. The molecular weight excluding hydrogens is 777 g/mol. The minimum Gasteiger partial charge on any atom is -0.490 e. The molecule has 0 aliphatic carbocycles. The molecule has 0 radical (unpaired) electrons. The summed E-state index contributed by atoms with van der Waals surface area (Å²) in [6.07, 6.45) is 4.09. The van der Waals surface area contributed by atoms with E-state index in [9.17, 15) is 29.5 Å². The molecule has 3 aromatic carbocycles. The van der Waals surface area contributed by atoms with Gasteiger partial charge in [0, 0.05) is 106 Å². The van der Waals surface area contributed by atoms with Gasteiger partial charge in [0.1, 0.15) is 29.8 Å². The molecule has 2 N–H and O–H groups in total. The maximum atomic E-state index is 15.7. The van der Waals surface area contributed by atoms with E-state index >= 15 is 4.39 Å². The molecule has 4 atom stereocenters. The monoisotopic (exact) mass is 823 g/mol. The molecule has 3 aromatic rings. The molecule has 2 bridgehead atoms. The molecule has 6 heterocycles. The van der Waals surface area contributed by atoms with Crippen molar-refractivity contribution in [1.29, 1.82) is 5.26 Å². The summed E-state index contributed by atoms with van der Waals surface area (Å²) in [7, 11) is 0. The number of aliphatic hydroxyl groups excluding tert-OH is 1. The maximum Gasteiger partial charge on any atom is 0.257 e. The number of aliphatic hydroxyl groups is 1. The van der Waals surface area contributed by atoms with Gasteiger partial charge in [-0.1, -0.05) is 17.7 Å². The average molecular weight is 824 g/mol. The number of hydrogen-bond acceptors (Lipinski definition) is 10. The number of carbonyl (C=O) groups is 4. The van der Waals surface area contributed by atoms with E-state index in [4.69, 9.17) is 16.3 Å². The minimum atomic E-state index is -1.23. The van der Waals surface area contributed by atoms with E-state index in [2.05, 4.69) is 26.1 Å². The van der Waals surface area contributed by atoms with Crippen molar-refractivity contribution in [3.63, 3.8) is 0 Å². The van der Waals surface area contributed by atoms with Crippen molar-refractivity contribution in [2.24, 2.45) is 5.92 Å². The van der Waals surface area contributed by atoms with Gasteiger partial charge in [0.15, 0.2) is 6.23 Å². The number of piperidine rings is 3. The number of ether oxygens (including phenoxy) is 1. The van der Waals surface area contributed by atoms with Crippen LogP contribution in [0.25, 0.3) is 0 Å². The molecule has 59 heavy (non-hydrogen) atoms. The second-order valence-electron chi connectivity index (χ2n) is 16.8. The van der Waals surface area contributed by atoms with E-state index < -0.39 is 24.1 Å². The highest BCUT2D eigenvalue weighted by molar-refractivity contribution is 6.31. The zero-order valence-corrected chi connectivity index (χ0v) is 33.5. The molecule has 4 unspecified atom stereocenters. The van der Waals surface area contributed by atoms with Crippen LogP contribution in [-0.4, -0.2) is 113 Å². The lowest BCUT2D eigenvalue weighted by molar-refractivity contribution is -0.139. The van der Waals surface area contributed by atoms with Crippen LogP contribution in [0.15, 0.2) is 54.6 Å². The Kier molecular flexibility index (Phi) is 10.7. The first kappa shape index (κ1) is 39.2. The Morgan fingerprint density at radius 3 is 2.32 bits per heavy atom. The van der Waals surface area contributed by atoms with E-state index in [1.54, 1.807) is 36.4 Å². The van der Waals surface area contributed by atoms with E-state index in [1.807, 2.05) is 17.0 Å². The molecular formula is C44H47ClFN7O6. The Bertz CT molecular complexity index is 2210. The van der Waals surface area contributed by atoms with Gasteiger partial charge >= 0.3 is 0 Å². The van der Waals surface area contributed by atoms with Crippen molar-refractivity contribution in [3.8, 4) is 11.8 Å². The number of halogens is 2. The highest BCUT2D eigenvalue weighted by Gasteiger charge is 2.46. The molecule has 15 heteroatoms. The molecule has 4 amide bonds. The third-order valence-electron chi connectivity index (χ3n) is 13.3. The van der Waals surface area contributed by atoms with Crippen molar-refractivity contribution < 1.29 is 33.4 Å². The van der Waals surface area contributed by atoms with Gasteiger partial charge in [0.2, 0.25) is 11.8 Å². The standard InChI is InChI=1S/C44H47ClFN7O6/c45-36-23-32(6-1-28(36)24-47)59-33-20-30-3-4-31(21-33)52(30)42(56)27-2-8-38(37(46)19-27)51-17-15-49(16-18-51)25-26-11-13-50(14-12-26)29-5-7-34-35(22-29)44(58)53(43(34)57)39-9-10-40(54)48-41(39)55/h1-2,5-8,19,22-23,26,30-31,33,39,43,57H,3-4,9-18,20-21,25H2,(H,48,54,55). The number of fused-ring (bicyclic) bond motifs is 3. The summed E-state index contributed by atoms with van der Waals surface area (Å²) in [6.45, 7) is 5.62. The van der Waals surface area contributed by atoms with E-state index in [0.29, 0.717) is 70.6 Å². The van der Waals surface area contributed by atoms with Crippen molar-refractivity contribution >= 4 is 46.6 Å². The summed E-state index contributed by atoms with van der Waals surface area (Å²) in [5.74, 6) is -0.747. The second kappa shape index (κ2) is 16.1. The zero-order chi connectivity index (χ0) is 40.9. The van der Waals surface area contributed by atoms with Crippen LogP contribution >= 0.6 is 11.6 Å². The van der Waals surface area contributed by atoms with Crippen LogP contribution in [0.4, 0.5) is 15.8 Å². The summed E-state index contributed by atoms with van der Waals surface area (Å²) in [5.41, 5.74) is 3.05. The van der Waals surface area contributed by atoms with Crippen LogP contribution in [-0.2, 0) is 9.59 Å². The second-order valence-corrected chi connectivity index (χ2v) is 17.2. The smallest absolute Gasteiger partial charge is 0.257 e. The number of amides is 4. The fourth-order valence-corrected chi connectivity index (χ4v) is 10.4. The largest absolute Gasteiger partial charge is 0.490 e. The van der Waals surface area contributed by atoms with Crippen LogP contribution in [0.5, 0.6) is 5.75 Å². The number of benzene rings is 3. The quantitative estimate of drug-likeness (QED) is 0.302. The summed E-state index contributed by atoms with van der Waals surface area (Å²) in [4.78, 5) is 61.2. The maximum absolute atomic E-state index is 15.7. The van der Waals surface area contributed by atoms with Crippen LogP contribution in [0, 0.1) is 23.1 Å². The summed E-state index contributed by atoms with van der Waals surface area (Å²) in [6, 6.07) is 16.7. The van der Waals surface area contributed by atoms with Gasteiger partial charge in [0.05, 0.1) is 16.3 Å². The lowest BCUT2D eigenvalue weighted by Crippen LogP contribution is -2.53. The Morgan fingerprint density at radius 1 is 0.898 bits per heavy atom. The first-order valence-corrected chi connectivity index (χ1v) is 21.1. The Balaban J connectivity index is 0.743. The highest BCUT2D eigenvalue weighted by atomic mass is 35.5. The average Bonchev–Trinajstić information content (AvgIpc) is 3.64. The van der Waals surface area contributed by atoms with Crippen molar-refractivity contribution in [2.45, 2.75) is 81.8 Å². The molecule has 9 rings (SSSR count). The highest BCUT2D eigenvalue weighted by Crippen LogP contribution is 2.40. The number of hydrogen-bond donors (Lipinski definition) is 2. The van der Waals surface area contributed by atoms with Crippen LogP contribution < -0.4 is 19.9 Å². The summed E-state index contributed by atoms with van der Waals surface area (Å²) >= 11 is 6.21.